The van der Waals surface area contributed by atoms with Gasteiger partial charge in [-0.2, -0.15) is 0 Å². The number of carbonyl (C=O) groups excluding carboxylic acids is 2. The number of carbonyl (C=O) groups is 2. The Labute approximate surface area is 225 Å². The Morgan fingerprint density at radius 1 is 0.973 bits per heavy atom. The molecule has 208 valence electrons. The van der Waals surface area contributed by atoms with Crippen LogP contribution in [-0.4, -0.2) is 52.2 Å². The standard InChI is InChI=1S/C27H38N2O4.2C2H6/c1-4-7-18-29(17-6-3)27(33)25(31)24(30)26(32)28-19-20-13-15-22(16-14-20)23-12-9-8-11-21(23)10-5-2;2*1-2/h4,11-16,24-25,30-31H,1,5-10,17-19H2,2-3H3,(H,28,32);2*1-2H3. The molecule has 0 bridgehead atoms. The molecule has 2 rings (SSSR count). The molecule has 2 atom stereocenters. The number of nitrogens with one attached hydrogen (secondary N) is 1. The molecule has 37 heavy (non-hydrogen) atoms. The van der Waals surface area contributed by atoms with E-state index in [2.05, 4.69) is 31.0 Å². The van der Waals surface area contributed by atoms with E-state index >= 15 is 0 Å². The van der Waals surface area contributed by atoms with Gasteiger partial charge in [-0.15, -0.1) is 6.58 Å². The quantitative estimate of drug-likeness (QED) is 0.290. The SMILES string of the molecule is C=CCCN(CCC)C(=O)C(O)C(O)C(=O)NCc1ccc(C2=CCCC=C2CCC)cc1.CC.CC. The second-order valence-electron chi connectivity index (χ2n) is 8.38. The van der Waals surface area contributed by atoms with Crippen LogP contribution in [-0.2, 0) is 16.1 Å². The topological polar surface area (TPSA) is 89.9 Å². The number of amides is 2. The third kappa shape index (κ3) is 11.5. The highest BCUT2D eigenvalue weighted by molar-refractivity contribution is 5.90. The van der Waals surface area contributed by atoms with Gasteiger partial charge in [0.1, 0.15) is 0 Å². The second-order valence-corrected chi connectivity index (χ2v) is 8.38. The van der Waals surface area contributed by atoms with E-state index in [-0.39, 0.29) is 6.54 Å². The van der Waals surface area contributed by atoms with Crippen molar-refractivity contribution in [1.29, 1.82) is 0 Å². The number of allylic oxidation sites excluding steroid dienone is 4. The molecular formula is C31H50N2O4. The molecule has 6 heteroatoms. The molecule has 0 saturated heterocycles. The first-order valence-electron chi connectivity index (χ1n) is 13.9. The van der Waals surface area contributed by atoms with E-state index < -0.39 is 24.0 Å². The van der Waals surface area contributed by atoms with Gasteiger partial charge in [-0.05, 0) is 54.4 Å². The molecule has 3 N–H and O–H groups in total. The molecule has 0 aromatic heterocycles. The zero-order valence-corrected chi connectivity index (χ0v) is 23.9. The Balaban J connectivity index is 0.00000308. The van der Waals surface area contributed by atoms with E-state index in [0.29, 0.717) is 25.9 Å². The van der Waals surface area contributed by atoms with Crippen molar-refractivity contribution >= 4 is 17.4 Å². The molecular weight excluding hydrogens is 464 g/mol. The monoisotopic (exact) mass is 514 g/mol. The van der Waals surface area contributed by atoms with Crippen LogP contribution in [0.5, 0.6) is 0 Å². The summed E-state index contributed by atoms with van der Waals surface area (Å²) in [4.78, 5) is 26.3. The lowest BCUT2D eigenvalue weighted by atomic mass is 9.89. The maximum atomic E-state index is 12.5. The summed E-state index contributed by atoms with van der Waals surface area (Å²) < 4.78 is 0. The fourth-order valence-corrected chi connectivity index (χ4v) is 3.95. The molecule has 0 aliphatic heterocycles. The van der Waals surface area contributed by atoms with Gasteiger partial charge in [-0.3, -0.25) is 9.59 Å². The molecule has 0 fully saturated rings. The van der Waals surface area contributed by atoms with Crippen LogP contribution in [0.1, 0.15) is 91.2 Å². The summed E-state index contributed by atoms with van der Waals surface area (Å²) in [5.41, 5.74) is 4.69. The number of rotatable bonds is 13. The molecule has 1 aliphatic rings. The van der Waals surface area contributed by atoms with Crippen LogP contribution < -0.4 is 5.32 Å². The van der Waals surface area contributed by atoms with E-state index in [0.717, 1.165) is 36.8 Å². The highest BCUT2D eigenvalue weighted by Crippen LogP contribution is 2.31. The van der Waals surface area contributed by atoms with Crippen molar-refractivity contribution < 1.29 is 19.8 Å². The highest BCUT2D eigenvalue weighted by atomic mass is 16.3. The summed E-state index contributed by atoms with van der Waals surface area (Å²) in [5, 5.41) is 23.1. The van der Waals surface area contributed by atoms with Gasteiger partial charge in [0.15, 0.2) is 12.2 Å². The lowest BCUT2D eigenvalue weighted by molar-refractivity contribution is -0.153. The molecule has 1 aromatic carbocycles. The maximum Gasteiger partial charge on any atom is 0.254 e. The van der Waals surface area contributed by atoms with Crippen molar-refractivity contribution in [1.82, 2.24) is 10.2 Å². The Hall–Kier alpha value is -2.70. The van der Waals surface area contributed by atoms with E-state index in [4.69, 9.17) is 0 Å². The molecule has 0 radical (unpaired) electrons. The van der Waals surface area contributed by atoms with Crippen LogP contribution in [0.4, 0.5) is 0 Å². The summed E-state index contributed by atoms with van der Waals surface area (Å²) in [7, 11) is 0. The van der Waals surface area contributed by atoms with Gasteiger partial charge in [-0.1, -0.05) is 90.5 Å². The Bertz CT molecular complexity index is 858. The van der Waals surface area contributed by atoms with Crippen LogP contribution in [0.15, 0.2) is 54.6 Å². The number of nitrogens with zero attached hydrogens (tertiary/aromatic N) is 1. The third-order valence-corrected chi connectivity index (χ3v) is 5.73. The van der Waals surface area contributed by atoms with Gasteiger partial charge in [0.05, 0.1) is 0 Å². The second kappa shape index (κ2) is 20.4. The van der Waals surface area contributed by atoms with Crippen molar-refractivity contribution in [2.75, 3.05) is 13.1 Å². The van der Waals surface area contributed by atoms with Crippen LogP contribution in [0.3, 0.4) is 0 Å². The first-order chi connectivity index (χ1) is 17.9. The zero-order chi connectivity index (χ0) is 28.2. The largest absolute Gasteiger partial charge is 0.380 e. The van der Waals surface area contributed by atoms with Crippen molar-refractivity contribution in [3.63, 3.8) is 0 Å². The predicted molar refractivity (Wildman–Crippen MR) is 155 cm³/mol. The Morgan fingerprint density at radius 2 is 1.59 bits per heavy atom. The van der Waals surface area contributed by atoms with Crippen LogP contribution in [0.2, 0.25) is 0 Å². The molecule has 0 spiro atoms. The summed E-state index contributed by atoms with van der Waals surface area (Å²) in [6, 6.07) is 7.97. The first-order valence-corrected chi connectivity index (χ1v) is 13.9. The van der Waals surface area contributed by atoms with E-state index in [9.17, 15) is 19.8 Å². The van der Waals surface area contributed by atoms with Gasteiger partial charge >= 0.3 is 0 Å². The van der Waals surface area contributed by atoms with Crippen molar-refractivity contribution in [2.24, 2.45) is 0 Å². The van der Waals surface area contributed by atoms with Crippen molar-refractivity contribution in [3.05, 3.63) is 65.8 Å². The molecule has 1 aromatic rings. The van der Waals surface area contributed by atoms with Crippen molar-refractivity contribution in [2.45, 2.75) is 98.8 Å². The zero-order valence-electron chi connectivity index (χ0n) is 23.9. The summed E-state index contributed by atoms with van der Waals surface area (Å²) in [6.07, 6.45) is 8.24. The minimum absolute atomic E-state index is 0.197. The Kier molecular flexibility index (Phi) is 18.9. The average Bonchev–Trinajstić information content (AvgIpc) is 2.95. The lowest BCUT2D eigenvalue weighted by Gasteiger charge is -2.26. The number of benzene rings is 1. The molecule has 6 nitrogen and oxygen atoms in total. The normalized spacial score (nSPS) is 13.8. The number of aliphatic hydroxyl groups is 2. The van der Waals surface area contributed by atoms with Crippen LogP contribution >= 0.6 is 0 Å². The summed E-state index contributed by atoms with van der Waals surface area (Å²) in [5.74, 6) is -1.43. The molecule has 2 amide bonds. The smallest absolute Gasteiger partial charge is 0.254 e. The van der Waals surface area contributed by atoms with Crippen molar-refractivity contribution in [3.8, 4) is 0 Å². The van der Waals surface area contributed by atoms with Gasteiger partial charge in [0.25, 0.3) is 11.8 Å². The lowest BCUT2D eigenvalue weighted by Crippen LogP contribution is -2.51. The van der Waals surface area contributed by atoms with Gasteiger partial charge in [0, 0.05) is 19.6 Å². The first kappa shape index (κ1) is 34.3. The summed E-state index contributed by atoms with van der Waals surface area (Å²) >= 11 is 0. The van der Waals surface area contributed by atoms with Gasteiger partial charge in [-0.25, -0.2) is 0 Å². The fraction of sp³-hybridized carbons (Fsp3) is 0.548. The van der Waals surface area contributed by atoms with Crippen LogP contribution in [0, 0.1) is 0 Å². The number of hydrogen-bond acceptors (Lipinski definition) is 4. The molecule has 0 heterocycles. The minimum Gasteiger partial charge on any atom is -0.380 e. The van der Waals surface area contributed by atoms with Crippen LogP contribution in [0.25, 0.3) is 5.57 Å². The Morgan fingerprint density at radius 3 is 2.16 bits per heavy atom. The van der Waals surface area contributed by atoms with E-state index in [1.807, 2.05) is 58.9 Å². The molecule has 1 aliphatic carbocycles. The van der Waals surface area contributed by atoms with Gasteiger partial charge < -0.3 is 20.4 Å². The summed E-state index contributed by atoms with van der Waals surface area (Å²) in [6.45, 7) is 16.8. The van der Waals surface area contributed by atoms with E-state index in [1.54, 1.807) is 6.08 Å². The minimum atomic E-state index is -1.83. The molecule has 2 unspecified atom stereocenters. The van der Waals surface area contributed by atoms with Gasteiger partial charge in [0.2, 0.25) is 0 Å². The number of hydrogen-bond donors (Lipinski definition) is 3. The predicted octanol–water partition coefficient (Wildman–Crippen LogP) is 5.80. The highest BCUT2D eigenvalue weighted by Gasteiger charge is 2.32. The maximum absolute atomic E-state index is 12.5. The average molecular weight is 515 g/mol. The van der Waals surface area contributed by atoms with E-state index in [1.165, 1.54) is 16.0 Å². The third-order valence-electron chi connectivity index (χ3n) is 5.73. The fourth-order valence-electron chi connectivity index (χ4n) is 3.95. The molecule has 0 saturated carbocycles. The number of aliphatic hydroxyl groups excluding tert-OH is 2.